The molecule has 102 valence electrons. The molecule has 6 nitrogen and oxygen atoms in total. The first kappa shape index (κ1) is 13.8. The van der Waals surface area contributed by atoms with E-state index in [1.165, 1.54) is 6.20 Å². The summed E-state index contributed by atoms with van der Waals surface area (Å²) in [6.07, 6.45) is 6.13. The minimum Gasteiger partial charge on any atom is -0.510 e. The molecule has 19 heavy (non-hydrogen) atoms. The van der Waals surface area contributed by atoms with Crippen molar-refractivity contribution in [2.75, 3.05) is 0 Å². The molecule has 0 aromatic carbocycles. The van der Waals surface area contributed by atoms with Crippen LogP contribution in [0.15, 0.2) is 12.4 Å². The lowest BCUT2D eigenvalue weighted by Gasteiger charge is -2.27. The SMILES string of the molecule is CCC(=O)N[C@@H]1CCCc2c(OB(O)O)cncc21. The molecule has 2 rings (SSSR count). The van der Waals surface area contributed by atoms with Crippen LogP contribution in [-0.2, 0) is 11.2 Å². The lowest BCUT2D eigenvalue weighted by atomic mass is 9.88. The van der Waals surface area contributed by atoms with Crippen LogP contribution in [0.5, 0.6) is 5.75 Å². The Morgan fingerprint density at radius 3 is 3.05 bits per heavy atom. The molecule has 0 saturated carbocycles. The number of rotatable bonds is 4. The number of hydrogen-bond acceptors (Lipinski definition) is 5. The predicted molar refractivity (Wildman–Crippen MR) is 69.2 cm³/mol. The number of nitrogens with zero attached hydrogens (tertiary/aromatic N) is 1. The fourth-order valence-electron chi connectivity index (χ4n) is 2.35. The van der Waals surface area contributed by atoms with Crippen LogP contribution < -0.4 is 9.97 Å². The summed E-state index contributed by atoms with van der Waals surface area (Å²) in [6, 6.07) is -0.0805. The third kappa shape index (κ3) is 3.24. The van der Waals surface area contributed by atoms with Crippen molar-refractivity contribution in [1.29, 1.82) is 0 Å². The summed E-state index contributed by atoms with van der Waals surface area (Å²) >= 11 is 0. The maximum absolute atomic E-state index is 11.5. The molecule has 0 spiro atoms. The maximum Gasteiger partial charge on any atom is 0.707 e. The van der Waals surface area contributed by atoms with E-state index in [4.69, 9.17) is 14.7 Å². The zero-order valence-corrected chi connectivity index (χ0v) is 10.8. The van der Waals surface area contributed by atoms with Gasteiger partial charge in [0, 0.05) is 18.2 Å². The Morgan fingerprint density at radius 2 is 2.37 bits per heavy atom. The third-order valence-corrected chi connectivity index (χ3v) is 3.24. The number of aromatic nitrogens is 1. The number of pyridine rings is 1. The van der Waals surface area contributed by atoms with Crippen LogP contribution in [0, 0.1) is 0 Å². The van der Waals surface area contributed by atoms with Crippen molar-refractivity contribution in [2.24, 2.45) is 0 Å². The highest BCUT2D eigenvalue weighted by molar-refractivity contribution is 6.33. The summed E-state index contributed by atoms with van der Waals surface area (Å²) < 4.78 is 4.93. The van der Waals surface area contributed by atoms with Gasteiger partial charge in [0.15, 0.2) is 0 Å². The molecule has 0 fully saturated rings. The smallest absolute Gasteiger partial charge is 0.510 e. The minimum atomic E-state index is -1.86. The molecule has 1 aromatic heterocycles. The molecule has 0 radical (unpaired) electrons. The van der Waals surface area contributed by atoms with E-state index in [1.807, 2.05) is 0 Å². The highest BCUT2D eigenvalue weighted by Gasteiger charge is 2.25. The second-order valence-corrected chi connectivity index (χ2v) is 4.52. The first-order chi connectivity index (χ1) is 9.11. The Bertz CT molecular complexity index is 467. The van der Waals surface area contributed by atoms with Crippen molar-refractivity contribution in [3.63, 3.8) is 0 Å². The number of carbonyl (C=O) groups is 1. The van der Waals surface area contributed by atoms with Crippen LogP contribution in [-0.4, -0.2) is 28.3 Å². The van der Waals surface area contributed by atoms with E-state index in [0.29, 0.717) is 12.2 Å². The molecule has 1 aromatic rings. The Hall–Kier alpha value is -1.60. The van der Waals surface area contributed by atoms with Crippen LogP contribution in [0.2, 0.25) is 0 Å². The van der Waals surface area contributed by atoms with Crippen molar-refractivity contribution in [2.45, 2.75) is 38.6 Å². The predicted octanol–water partition coefficient (Wildman–Crippen LogP) is 0.333. The topological polar surface area (TPSA) is 91.7 Å². The molecule has 1 amide bonds. The highest BCUT2D eigenvalue weighted by Crippen LogP contribution is 2.34. The Balaban J connectivity index is 2.26. The van der Waals surface area contributed by atoms with Crippen LogP contribution in [0.25, 0.3) is 0 Å². The van der Waals surface area contributed by atoms with E-state index in [9.17, 15) is 4.79 Å². The quantitative estimate of drug-likeness (QED) is 0.682. The van der Waals surface area contributed by atoms with Gasteiger partial charge >= 0.3 is 7.32 Å². The third-order valence-electron chi connectivity index (χ3n) is 3.24. The van der Waals surface area contributed by atoms with Gasteiger partial charge in [-0.1, -0.05) is 6.92 Å². The summed E-state index contributed by atoms with van der Waals surface area (Å²) in [5, 5.41) is 20.7. The molecule has 7 heteroatoms. The van der Waals surface area contributed by atoms with Crippen molar-refractivity contribution in [3.05, 3.63) is 23.5 Å². The van der Waals surface area contributed by atoms with Crippen LogP contribution in [0.1, 0.15) is 43.4 Å². The summed E-state index contributed by atoms with van der Waals surface area (Å²) in [6.45, 7) is 1.80. The van der Waals surface area contributed by atoms with E-state index in [1.54, 1.807) is 13.1 Å². The lowest BCUT2D eigenvalue weighted by Crippen LogP contribution is -2.31. The second-order valence-electron chi connectivity index (χ2n) is 4.52. The Kier molecular flexibility index (Phi) is 4.39. The zero-order valence-electron chi connectivity index (χ0n) is 10.8. The Labute approximate surface area is 112 Å². The van der Waals surface area contributed by atoms with Crippen molar-refractivity contribution in [3.8, 4) is 5.75 Å². The average molecular weight is 264 g/mol. The summed E-state index contributed by atoms with van der Waals surface area (Å²) in [7, 11) is -1.86. The minimum absolute atomic E-state index is 0.00800. The molecule has 1 heterocycles. The highest BCUT2D eigenvalue weighted by atomic mass is 16.6. The Morgan fingerprint density at radius 1 is 1.58 bits per heavy atom. The van der Waals surface area contributed by atoms with Crippen molar-refractivity contribution >= 4 is 13.2 Å². The van der Waals surface area contributed by atoms with Crippen LogP contribution >= 0.6 is 0 Å². The van der Waals surface area contributed by atoms with Crippen molar-refractivity contribution in [1.82, 2.24) is 10.3 Å². The fourth-order valence-corrected chi connectivity index (χ4v) is 2.35. The number of fused-ring (bicyclic) bond motifs is 1. The molecular weight excluding hydrogens is 247 g/mol. The van der Waals surface area contributed by atoms with Gasteiger partial charge in [-0.2, -0.15) is 0 Å². The first-order valence-corrected chi connectivity index (χ1v) is 6.40. The van der Waals surface area contributed by atoms with E-state index >= 15 is 0 Å². The van der Waals surface area contributed by atoms with Gasteiger partial charge in [-0.25, -0.2) is 0 Å². The molecular formula is C12H17BN2O4. The summed E-state index contributed by atoms with van der Waals surface area (Å²) in [5.41, 5.74) is 1.78. The molecule has 1 atom stereocenters. The average Bonchev–Trinajstić information content (AvgIpc) is 2.39. The van der Waals surface area contributed by atoms with Gasteiger partial charge < -0.3 is 20.0 Å². The number of hydrogen-bond donors (Lipinski definition) is 3. The lowest BCUT2D eigenvalue weighted by molar-refractivity contribution is -0.121. The van der Waals surface area contributed by atoms with Gasteiger partial charge in [0.1, 0.15) is 5.75 Å². The van der Waals surface area contributed by atoms with Gasteiger partial charge in [0.05, 0.1) is 12.2 Å². The molecule has 1 aliphatic carbocycles. The fraction of sp³-hybridized carbons (Fsp3) is 0.500. The van der Waals surface area contributed by atoms with Crippen LogP contribution in [0.4, 0.5) is 0 Å². The molecule has 0 bridgehead atoms. The van der Waals surface area contributed by atoms with Gasteiger partial charge in [-0.3, -0.25) is 9.78 Å². The van der Waals surface area contributed by atoms with Gasteiger partial charge in [-0.05, 0) is 24.8 Å². The molecule has 1 aliphatic rings. The van der Waals surface area contributed by atoms with Gasteiger partial charge in [0.25, 0.3) is 0 Å². The monoisotopic (exact) mass is 264 g/mol. The van der Waals surface area contributed by atoms with E-state index in [0.717, 1.165) is 30.4 Å². The number of carbonyl (C=O) groups excluding carboxylic acids is 1. The van der Waals surface area contributed by atoms with Crippen LogP contribution in [0.3, 0.4) is 0 Å². The van der Waals surface area contributed by atoms with Gasteiger partial charge in [0.2, 0.25) is 5.91 Å². The summed E-state index contributed by atoms with van der Waals surface area (Å²) in [4.78, 5) is 15.5. The normalized spacial score (nSPS) is 17.5. The standard InChI is InChI=1S/C12H17BN2O4/c1-2-12(16)15-10-5-3-4-8-9(10)6-14-7-11(8)19-13(17)18/h6-7,10,17-18H,2-5H2,1H3,(H,15,16)/t10-/m1/s1. The van der Waals surface area contributed by atoms with E-state index in [-0.39, 0.29) is 11.9 Å². The number of nitrogens with one attached hydrogen (secondary N) is 1. The largest absolute Gasteiger partial charge is 0.707 e. The van der Waals surface area contributed by atoms with Crippen molar-refractivity contribution < 1.29 is 19.5 Å². The summed E-state index contributed by atoms with van der Waals surface area (Å²) in [5.74, 6) is 0.356. The van der Waals surface area contributed by atoms with Gasteiger partial charge in [-0.15, -0.1) is 0 Å². The molecule has 0 unspecified atom stereocenters. The number of amides is 1. The van der Waals surface area contributed by atoms with E-state index < -0.39 is 7.32 Å². The van der Waals surface area contributed by atoms with E-state index in [2.05, 4.69) is 10.3 Å². The zero-order chi connectivity index (χ0) is 13.8. The second kappa shape index (κ2) is 6.03. The molecule has 0 aliphatic heterocycles. The first-order valence-electron chi connectivity index (χ1n) is 6.40. The molecule has 3 N–H and O–H groups in total. The maximum atomic E-state index is 11.5. The molecule has 0 saturated heterocycles.